The van der Waals surface area contributed by atoms with Crippen LogP contribution in [0.5, 0.6) is 5.75 Å². The van der Waals surface area contributed by atoms with E-state index in [0.717, 1.165) is 18.0 Å². The number of anilines is 2. The van der Waals surface area contributed by atoms with Gasteiger partial charge in [-0.3, -0.25) is 10.1 Å². The molecule has 0 radical (unpaired) electrons. The highest BCUT2D eigenvalue weighted by Crippen LogP contribution is 2.41. The molecule has 3 N–H and O–H groups in total. The molecule has 0 unspecified atom stereocenters. The van der Waals surface area contributed by atoms with Crippen molar-refractivity contribution in [2.75, 3.05) is 10.6 Å². The van der Waals surface area contributed by atoms with E-state index in [1.807, 2.05) is 0 Å². The average Bonchev–Trinajstić information content (AvgIpc) is 2.52. The fourth-order valence-corrected chi connectivity index (χ4v) is 2.78. The minimum atomic E-state index is -0.607. The number of aromatic hydroxyl groups is 1. The van der Waals surface area contributed by atoms with Gasteiger partial charge in [0.15, 0.2) is 0 Å². The number of hydrogen-bond acceptors (Lipinski definition) is 7. The maximum Gasteiger partial charge on any atom is 0.274 e. The van der Waals surface area contributed by atoms with Crippen LogP contribution in [0.1, 0.15) is 0 Å². The Morgan fingerprint density at radius 2 is 2.22 bits per heavy atom. The molecule has 2 aromatic carbocycles. The van der Waals surface area contributed by atoms with Gasteiger partial charge in [0.1, 0.15) is 11.6 Å². The second-order valence-electron chi connectivity index (χ2n) is 4.48. The molecule has 10 heteroatoms. The van der Waals surface area contributed by atoms with Crippen LogP contribution >= 0.6 is 23.5 Å². The number of benzene rings is 2. The Labute approximate surface area is 138 Å². The molecule has 3 rings (SSSR count). The molecule has 0 fully saturated rings. The zero-order valence-electron chi connectivity index (χ0n) is 11.2. The van der Waals surface area contributed by atoms with Gasteiger partial charge in [-0.15, -0.1) is 0 Å². The number of rotatable bonds is 2. The Balaban J connectivity index is 1.87. The number of fused-ring (bicyclic) bond motifs is 1. The van der Waals surface area contributed by atoms with Crippen LogP contribution in [0.3, 0.4) is 0 Å². The van der Waals surface area contributed by atoms with Gasteiger partial charge in [-0.05, 0) is 12.1 Å². The molecule has 0 aromatic heterocycles. The molecule has 0 spiro atoms. The third-order valence-corrected chi connectivity index (χ3v) is 4.14. The van der Waals surface area contributed by atoms with Crippen LogP contribution in [0.2, 0.25) is 5.02 Å². The van der Waals surface area contributed by atoms with Crippen LogP contribution in [0.15, 0.2) is 39.6 Å². The molecule has 2 aromatic rings. The molecule has 1 heterocycles. The summed E-state index contributed by atoms with van der Waals surface area (Å²) < 4.78 is 17.5. The molecule has 0 atom stereocenters. The molecule has 0 saturated carbocycles. The second kappa shape index (κ2) is 5.94. The fourth-order valence-electron chi connectivity index (χ4n) is 1.91. The number of hydrogen-bond donors (Lipinski definition) is 3. The molecule has 7 nitrogen and oxygen atoms in total. The summed E-state index contributed by atoms with van der Waals surface area (Å²) >= 11 is 6.78. The molecule has 1 aliphatic heterocycles. The molecular formula is C13H8ClFN4O3S. The highest BCUT2D eigenvalue weighted by molar-refractivity contribution is 7.98. The average molecular weight is 355 g/mol. The quantitative estimate of drug-likeness (QED) is 0.326. The lowest BCUT2D eigenvalue weighted by atomic mass is 10.2. The SMILES string of the molecule is O=[N+]([O-])c1cc(O)c2c(c1)SN=C(Nc1cccc(F)c1Cl)N2. The van der Waals surface area contributed by atoms with E-state index in [2.05, 4.69) is 15.0 Å². The topological polar surface area (TPSA) is 99.8 Å². The van der Waals surface area contributed by atoms with Crippen LogP contribution in [-0.4, -0.2) is 16.0 Å². The number of halogens is 2. The third-order valence-electron chi connectivity index (χ3n) is 2.96. The number of nitro benzene ring substituents is 1. The summed E-state index contributed by atoms with van der Waals surface area (Å²) in [7, 11) is 0. The highest BCUT2D eigenvalue weighted by atomic mass is 35.5. The monoisotopic (exact) mass is 354 g/mol. The van der Waals surface area contributed by atoms with Gasteiger partial charge in [0, 0.05) is 18.0 Å². The van der Waals surface area contributed by atoms with E-state index in [9.17, 15) is 19.6 Å². The van der Waals surface area contributed by atoms with Crippen molar-refractivity contribution in [3.8, 4) is 5.75 Å². The standard InChI is InChI=1S/C13H8ClFN4O3S/c14-11-7(15)2-1-3-8(11)16-13-17-12-9(20)4-6(19(21)22)5-10(12)23-18-13/h1-5,20H,(H2,16,17,18). The van der Waals surface area contributed by atoms with Crippen molar-refractivity contribution in [2.45, 2.75) is 4.90 Å². The van der Waals surface area contributed by atoms with E-state index in [1.54, 1.807) is 6.07 Å². The normalized spacial score (nSPS) is 12.9. The van der Waals surface area contributed by atoms with Crippen LogP contribution in [-0.2, 0) is 0 Å². The minimum Gasteiger partial charge on any atom is -0.505 e. The predicted octanol–water partition coefficient (Wildman–Crippen LogP) is 3.99. The van der Waals surface area contributed by atoms with Crippen molar-refractivity contribution < 1.29 is 14.4 Å². The van der Waals surface area contributed by atoms with E-state index in [0.29, 0.717) is 10.6 Å². The van der Waals surface area contributed by atoms with Crippen molar-refractivity contribution in [1.82, 2.24) is 0 Å². The largest absolute Gasteiger partial charge is 0.505 e. The molecule has 0 bridgehead atoms. The van der Waals surface area contributed by atoms with Gasteiger partial charge in [-0.2, -0.15) is 4.40 Å². The number of non-ortho nitro benzene ring substituents is 1. The van der Waals surface area contributed by atoms with Crippen molar-refractivity contribution in [3.05, 3.63) is 51.3 Å². The Morgan fingerprint density at radius 3 is 2.96 bits per heavy atom. The maximum absolute atomic E-state index is 13.4. The molecule has 0 aliphatic carbocycles. The van der Waals surface area contributed by atoms with E-state index in [1.165, 1.54) is 18.2 Å². The number of nitrogens with one attached hydrogen (secondary N) is 2. The fraction of sp³-hybridized carbons (Fsp3) is 0. The van der Waals surface area contributed by atoms with Crippen molar-refractivity contribution in [2.24, 2.45) is 4.40 Å². The lowest BCUT2D eigenvalue weighted by Crippen LogP contribution is -2.24. The van der Waals surface area contributed by atoms with Crippen LogP contribution in [0.25, 0.3) is 0 Å². The van der Waals surface area contributed by atoms with E-state index in [4.69, 9.17) is 11.6 Å². The Bertz CT molecular complexity index is 846. The van der Waals surface area contributed by atoms with E-state index >= 15 is 0 Å². The lowest BCUT2D eigenvalue weighted by molar-refractivity contribution is -0.385. The highest BCUT2D eigenvalue weighted by Gasteiger charge is 2.22. The summed E-state index contributed by atoms with van der Waals surface area (Å²) in [5.41, 5.74) is 0.323. The van der Waals surface area contributed by atoms with Crippen LogP contribution in [0, 0.1) is 15.9 Å². The van der Waals surface area contributed by atoms with Gasteiger partial charge >= 0.3 is 0 Å². The number of guanidine groups is 1. The summed E-state index contributed by atoms with van der Waals surface area (Å²) in [6.07, 6.45) is 0. The van der Waals surface area contributed by atoms with E-state index in [-0.39, 0.29) is 28.1 Å². The predicted molar refractivity (Wildman–Crippen MR) is 86.7 cm³/mol. The van der Waals surface area contributed by atoms with Crippen LogP contribution in [0.4, 0.5) is 21.5 Å². The summed E-state index contributed by atoms with van der Waals surface area (Å²) in [6.45, 7) is 0. The first-order chi connectivity index (χ1) is 11.0. The molecule has 0 saturated heterocycles. The van der Waals surface area contributed by atoms with Crippen molar-refractivity contribution in [3.63, 3.8) is 0 Å². The Hall–Kier alpha value is -2.52. The van der Waals surface area contributed by atoms with Gasteiger partial charge in [0.05, 0.1) is 32.3 Å². The van der Waals surface area contributed by atoms with Gasteiger partial charge in [-0.1, -0.05) is 17.7 Å². The van der Waals surface area contributed by atoms with Gasteiger partial charge in [-0.25, -0.2) is 4.39 Å². The third kappa shape index (κ3) is 3.01. The minimum absolute atomic E-state index is 0.0966. The van der Waals surface area contributed by atoms with Crippen molar-refractivity contribution in [1.29, 1.82) is 0 Å². The van der Waals surface area contributed by atoms with Crippen molar-refractivity contribution >= 4 is 46.6 Å². The Morgan fingerprint density at radius 1 is 1.43 bits per heavy atom. The molecule has 23 heavy (non-hydrogen) atoms. The first-order valence-electron chi connectivity index (χ1n) is 6.20. The van der Waals surface area contributed by atoms with Gasteiger partial charge < -0.3 is 15.7 Å². The first-order valence-corrected chi connectivity index (χ1v) is 7.35. The number of nitrogens with zero attached hydrogens (tertiary/aromatic N) is 2. The smallest absolute Gasteiger partial charge is 0.274 e. The van der Waals surface area contributed by atoms with Gasteiger partial charge in [0.2, 0.25) is 5.96 Å². The molecule has 1 aliphatic rings. The first kappa shape index (κ1) is 15.4. The van der Waals surface area contributed by atoms with Crippen LogP contribution < -0.4 is 10.6 Å². The number of nitro groups is 1. The second-order valence-corrected chi connectivity index (χ2v) is 5.66. The molecule has 118 valence electrons. The molecule has 0 amide bonds. The lowest BCUT2D eigenvalue weighted by Gasteiger charge is -2.19. The van der Waals surface area contributed by atoms with E-state index < -0.39 is 10.7 Å². The summed E-state index contributed by atoms with van der Waals surface area (Å²) in [5.74, 6) is -0.667. The number of phenols is 1. The zero-order valence-corrected chi connectivity index (χ0v) is 12.8. The number of phenolic OH excluding ortho intramolecular Hbond substituents is 1. The maximum atomic E-state index is 13.4. The zero-order chi connectivity index (χ0) is 16.6. The summed E-state index contributed by atoms with van der Waals surface area (Å²) in [4.78, 5) is 10.6. The Kier molecular flexibility index (Phi) is 3.97. The summed E-state index contributed by atoms with van der Waals surface area (Å²) in [5, 5.41) is 26.2. The van der Waals surface area contributed by atoms with Gasteiger partial charge in [0.25, 0.3) is 5.69 Å². The summed E-state index contributed by atoms with van der Waals surface area (Å²) in [6, 6.07) is 6.59. The molecular weight excluding hydrogens is 347 g/mol.